The highest BCUT2D eigenvalue weighted by atomic mass is 32.2. The third kappa shape index (κ3) is 2.53. The van der Waals surface area contributed by atoms with Gasteiger partial charge in [-0.05, 0) is 23.6 Å². The molecule has 0 amide bonds. The first-order valence-electron chi connectivity index (χ1n) is 7.10. The number of para-hydroxylation sites is 1. The molecule has 4 heterocycles. The SMILES string of the molecule is c1csc(-c2nn3c(CSc4nc5ccccc5s4)nnc3s2)c1. The van der Waals surface area contributed by atoms with E-state index in [1.807, 2.05) is 28.8 Å². The molecule has 0 saturated heterocycles. The maximum Gasteiger partial charge on any atom is 0.235 e. The van der Waals surface area contributed by atoms with Gasteiger partial charge in [-0.25, -0.2) is 4.98 Å². The molecule has 4 aromatic heterocycles. The van der Waals surface area contributed by atoms with Gasteiger partial charge in [-0.1, -0.05) is 41.3 Å². The van der Waals surface area contributed by atoms with Crippen molar-refractivity contribution in [2.24, 2.45) is 0 Å². The van der Waals surface area contributed by atoms with Gasteiger partial charge in [0.15, 0.2) is 15.2 Å². The van der Waals surface area contributed by atoms with E-state index in [-0.39, 0.29) is 0 Å². The summed E-state index contributed by atoms with van der Waals surface area (Å²) in [6.45, 7) is 0. The molecular formula is C15H9N5S4. The Morgan fingerprint density at radius 2 is 2.00 bits per heavy atom. The van der Waals surface area contributed by atoms with Crippen LogP contribution < -0.4 is 0 Å². The monoisotopic (exact) mass is 387 g/mol. The molecule has 0 saturated carbocycles. The maximum atomic E-state index is 4.66. The van der Waals surface area contributed by atoms with Gasteiger partial charge in [0.25, 0.3) is 0 Å². The standard InChI is InChI=1S/C15H9N5S4/c1-2-5-10-9(4-1)16-15(23-10)22-8-12-17-18-14-20(12)19-13(24-14)11-6-3-7-21-11/h1-7H,8H2. The topological polar surface area (TPSA) is 56.0 Å². The molecule has 5 aromatic rings. The lowest BCUT2D eigenvalue weighted by atomic mass is 10.3. The van der Waals surface area contributed by atoms with Crippen LogP contribution in [0.15, 0.2) is 46.1 Å². The minimum Gasteiger partial charge on any atom is -0.230 e. The number of aromatic nitrogens is 5. The molecule has 0 spiro atoms. The summed E-state index contributed by atoms with van der Waals surface area (Å²) in [4.78, 5) is 6.64. The first kappa shape index (κ1) is 14.5. The van der Waals surface area contributed by atoms with Crippen molar-refractivity contribution < 1.29 is 0 Å². The van der Waals surface area contributed by atoms with Crippen molar-refractivity contribution in [2.75, 3.05) is 0 Å². The molecule has 0 bridgehead atoms. The van der Waals surface area contributed by atoms with Crippen LogP contribution in [0.3, 0.4) is 0 Å². The average Bonchev–Trinajstić information content (AvgIpc) is 3.34. The summed E-state index contributed by atoms with van der Waals surface area (Å²) in [6.07, 6.45) is 0. The second-order valence-corrected chi connectivity index (χ2v) is 9.09. The third-order valence-corrected chi connectivity index (χ3v) is 7.50. The second kappa shape index (κ2) is 5.92. The van der Waals surface area contributed by atoms with Crippen LogP contribution in [-0.2, 0) is 5.75 Å². The Morgan fingerprint density at radius 3 is 2.88 bits per heavy atom. The van der Waals surface area contributed by atoms with Crippen LogP contribution in [0.2, 0.25) is 0 Å². The molecule has 0 N–H and O–H groups in total. The van der Waals surface area contributed by atoms with E-state index in [1.54, 1.807) is 45.8 Å². The Bertz CT molecular complexity index is 1090. The molecule has 0 atom stereocenters. The number of hydrogen-bond acceptors (Lipinski definition) is 8. The largest absolute Gasteiger partial charge is 0.235 e. The van der Waals surface area contributed by atoms with Crippen molar-refractivity contribution in [1.82, 2.24) is 24.8 Å². The number of thioether (sulfide) groups is 1. The van der Waals surface area contributed by atoms with Crippen LogP contribution in [0.4, 0.5) is 0 Å². The fourth-order valence-corrected chi connectivity index (χ4v) is 5.91. The lowest BCUT2D eigenvalue weighted by Crippen LogP contribution is -1.93. The van der Waals surface area contributed by atoms with Gasteiger partial charge in [-0.2, -0.15) is 9.61 Å². The summed E-state index contributed by atoms with van der Waals surface area (Å²) in [6, 6.07) is 12.3. The fraction of sp³-hybridized carbons (Fsp3) is 0.0667. The summed E-state index contributed by atoms with van der Waals surface area (Å²) in [5.74, 6) is 1.56. The van der Waals surface area contributed by atoms with Gasteiger partial charge >= 0.3 is 0 Å². The van der Waals surface area contributed by atoms with Gasteiger partial charge in [-0.15, -0.1) is 32.9 Å². The maximum absolute atomic E-state index is 4.66. The molecule has 0 fully saturated rings. The molecule has 0 radical (unpaired) electrons. The summed E-state index contributed by atoms with van der Waals surface area (Å²) >= 11 is 6.64. The van der Waals surface area contributed by atoms with Gasteiger partial charge in [0, 0.05) is 0 Å². The Morgan fingerprint density at radius 1 is 1.04 bits per heavy atom. The van der Waals surface area contributed by atoms with Crippen molar-refractivity contribution in [3.63, 3.8) is 0 Å². The van der Waals surface area contributed by atoms with E-state index in [0.717, 1.165) is 30.5 Å². The van der Waals surface area contributed by atoms with Gasteiger partial charge in [0.1, 0.15) is 0 Å². The number of nitrogens with zero attached hydrogens (tertiary/aromatic N) is 5. The highest BCUT2D eigenvalue weighted by molar-refractivity contribution is 8.00. The summed E-state index contributed by atoms with van der Waals surface area (Å²) in [7, 11) is 0. The molecule has 5 nitrogen and oxygen atoms in total. The predicted molar refractivity (Wildman–Crippen MR) is 101 cm³/mol. The van der Waals surface area contributed by atoms with E-state index in [1.165, 1.54) is 4.70 Å². The zero-order valence-electron chi connectivity index (χ0n) is 12.1. The third-order valence-electron chi connectivity index (χ3n) is 3.39. The average molecular weight is 388 g/mol. The molecule has 1 aromatic carbocycles. The molecule has 24 heavy (non-hydrogen) atoms. The van der Waals surface area contributed by atoms with Crippen LogP contribution in [0, 0.1) is 0 Å². The number of rotatable bonds is 4. The van der Waals surface area contributed by atoms with Gasteiger partial charge < -0.3 is 0 Å². The number of thiazole rings is 1. The molecule has 118 valence electrons. The van der Waals surface area contributed by atoms with Crippen LogP contribution in [-0.4, -0.2) is 24.8 Å². The Hall–Kier alpha value is -1.81. The molecule has 0 aliphatic carbocycles. The zero-order valence-corrected chi connectivity index (χ0v) is 15.4. The fourth-order valence-electron chi connectivity index (χ4n) is 2.29. The Balaban J connectivity index is 1.42. The van der Waals surface area contributed by atoms with E-state index in [9.17, 15) is 0 Å². The quantitative estimate of drug-likeness (QED) is 0.414. The number of thiophene rings is 1. The van der Waals surface area contributed by atoms with Crippen molar-refractivity contribution in [3.8, 4) is 9.88 Å². The Kier molecular flexibility index (Phi) is 3.58. The molecule has 0 unspecified atom stereocenters. The highest BCUT2D eigenvalue weighted by Crippen LogP contribution is 2.32. The number of hydrogen-bond donors (Lipinski definition) is 0. The number of fused-ring (bicyclic) bond motifs is 2. The normalized spacial score (nSPS) is 11.7. The minimum atomic E-state index is 0.703. The molecule has 0 aliphatic rings. The van der Waals surface area contributed by atoms with Crippen LogP contribution >= 0.6 is 45.8 Å². The molecular weight excluding hydrogens is 378 g/mol. The highest BCUT2D eigenvalue weighted by Gasteiger charge is 2.14. The van der Waals surface area contributed by atoms with E-state index in [2.05, 4.69) is 37.8 Å². The van der Waals surface area contributed by atoms with Gasteiger partial charge in [0.05, 0.1) is 20.8 Å². The van der Waals surface area contributed by atoms with Crippen molar-refractivity contribution >= 4 is 60.9 Å². The lowest BCUT2D eigenvalue weighted by molar-refractivity contribution is 0.888. The minimum absolute atomic E-state index is 0.703. The first-order valence-corrected chi connectivity index (χ1v) is 10.6. The van der Waals surface area contributed by atoms with Crippen molar-refractivity contribution in [3.05, 3.63) is 47.6 Å². The Labute approximate surface area is 153 Å². The summed E-state index contributed by atoms with van der Waals surface area (Å²) in [5.41, 5.74) is 1.05. The lowest BCUT2D eigenvalue weighted by Gasteiger charge is -1.94. The predicted octanol–water partition coefficient (Wildman–Crippen LogP) is 4.82. The van der Waals surface area contributed by atoms with Crippen molar-refractivity contribution in [2.45, 2.75) is 10.1 Å². The van der Waals surface area contributed by atoms with E-state index in [0.29, 0.717) is 5.75 Å². The summed E-state index contributed by atoms with van der Waals surface area (Å²) in [5, 5.41) is 16.2. The first-order chi connectivity index (χ1) is 11.9. The van der Waals surface area contributed by atoms with E-state index in [4.69, 9.17) is 0 Å². The summed E-state index contributed by atoms with van der Waals surface area (Å²) < 4.78 is 4.10. The second-order valence-electron chi connectivity index (χ2n) is 4.93. The molecule has 5 rings (SSSR count). The van der Waals surface area contributed by atoms with Gasteiger partial charge in [-0.3, -0.25) is 0 Å². The van der Waals surface area contributed by atoms with Crippen LogP contribution in [0.5, 0.6) is 0 Å². The van der Waals surface area contributed by atoms with E-state index >= 15 is 0 Å². The van der Waals surface area contributed by atoms with Crippen LogP contribution in [0.25, 0.3) is 25.1 Å². The molecule has 0 aliphatic heterocycles. The molecule has 9 heteroatoms. The zero-order chi connectivity index (χ0) is 15.9. The van der Waals surface area contributed by atoms with Crippen LogP contribution in [0.1, 0.15) is 5.82 Å². The van der Waals surface area contributed by atoms with Gasteiger partial charge in [0.2, 0.25) is 4.96 Å². The van der Waals surface area contributed by atoms with Crippen molar-refractivity contribution in [1.29, 1.82) is 0 Å². The smallest absolute Gasteiger partial charge is 0.230 e. The van der Waals surface area contributed by atoms with E-state index < -0.39 is 0 Å². The number of benzene rings is 1.